The molecule has 34 heavy (non-hydrogen) atoms. The molecular formula is C27H40IN5O. The molecule has 1 unspecified atom stereocenters. The number of methoxy groups -OCH3 is 1. The van der Waals surface area contributed by atoms with Gasteiger partial charge in [-0.3, -0.25) is 9.89 Å². The molecule has 0 spiro atoms. The second kappa shape index (κ2) is 13.8. The van der Waals surface area contributed by atoms with Crippen molar-refractivity contribution in [3.8, 4) is 5.75 Å². The highest BCUT2D eigenvalue weighted by Crippen LogP contribution is 2.32. The van der Waals surface area contributed by atoms with Crippen LogP contribution in [0.4, 0.5) is 5.69 Å². The van der Waals surface area contributed by atoms with Crippen LogP contribution in [0, 0.1) is 5.92 Å². The van der Waals surface area contributed by atoms with E-state index < -0.39 is 0 Å². The number of piperidine rings is 1. The highest BCUT2D eigenvalue weighted by Gasteiger charge is 2.25. The molecular weight excluding hydrogens is 537 g/mol. The van der Waals surface area contributed by atoms with Gasteiger partial charge in [-0.25, -0.2) is 0 Å². The van der Waals surface area contributed by atoms with Gasteiger partial charge in [0.05, 0.1) is 12.8 Å². The number of ether oxygens (including phenoxy) is 1. The Bertz CT molecular complexity index is 886. The van der Waals surface area contributed by atoms with Gasteiger partial charge in [0.25, 0.3) is 0 Å². The van der Waals surface area contributed by atoms with Gasteiger partial charge < -0.3 is 20.3 Å². The summed E-state index contributed by atoms with van der Waals surface area (Å²) >= 11 is 0. The Morgan fingerprint density at radius 3 is 2.47 bits per heavy atom. The fourth-order valence-corrected chi connectivity index (χ4v) is 4.90. The number of hydrogen-bond acceptors (Lipinski definition) is 4. The third-order valence-corrected chi connectivity index (χ3v) is 6.74. The van der Waals surface area contributed by atoms with Crippen LogP contribution in [0.25, 0.3) is 0 Å². The minimum absolute atomic E-state index is 0. The molecule has 0 amide bonds. The van der Waals surface area contributed by atoms with E-state index in [-0.39, 0.29) is 24.0 Å². The summed E-state index contributed by atoms with van der Waals surface area (Å²) in [4.78, 5) is 9.96. The van der Waals surface area contributed by atoms with Crippen molar-refractivity contribution in [1.82, 2.24) is 15.5 Å². The van der Waals surface area contributed by atoms with Crippen LogP contribution in [0.5, 0.6) is 5.75 Å². The number of benzene rings is 2. The van der Waals surface area contributed by atoms with Gasteiger partial charge in [0, 0.05) is 51.9 Å². The Labute approximate surface area is 222 Å². The van der Waals surface area contributed by atoms with E-state index in [2.05, 4.69) is 69.8 Å². The first kappa shape index (κ1) is 26.6. The molecule has 6 nitrogen and oxygen atoms in total. The van der Waals surface area contributed by atoms with E-state index in [0.717, 1.165) is 70.4 Å². The van der Waals surface area contributed by atoms with Gasteiger partial charge in [0.1, 0.15) is 5.75 Å². The van der Waals surface area contributed by atoms with Crippen molar-refractivity contribution < 1.29 is 4.74 Å². The summed E-state index contributed by atoms with van der Waals surface area (Å²) in [6, 6.07) is 19.6. The highest BCUT2D eigenvalue weighted by atomic mass is 127. The van der Waals surface area contributed by atoms with Crippen LogP contribution in [0.15, 0.2) is 59.6 Å². The number of guanidine groups is 1. The molecule has 0 radical (unpaired) electrons. The van der Waals surface area contributed by atoms with Crippen molar-refractivity contribution in [3.63, 3.8) is 0 Å². The summed E-state index contributed by atoms with van der Waals surface area (Å²) in [5, 5.41) is 7.16. The Morgan fingerprint density at radius 1 is 1.00 bits per heavy atom. The molecule has 0 aliphatic carbocycles. The molecule has 1 atom stereocenters. The molecule has 2 saturated heterocycles. The second-order valence-corrected chi connectivity index (χ2v) is 9.17. The summed E-state index contributed by atoms with van der Waals surface area (Å²) in [5.41, 5.74) is 2.59. The molecule has 2 aromatic rings. The van der Waals surface area contributed by atoms with Crippen LogP contribution in [0.3, 0.4) is 0 Å². The standard InChI is InChI=1S/C27H39N5O.HI/c1-3-28-27(30-24-14-16-31(17-15-24)20-22-9-5-4-6-10-22)29-19-23-13-18-32(21-23)25-11-7-8-12-26(25)33-2;/h4-12,23-24H,3,13-21H2,1-2H3,(H2,28,29,30);1H. The van der Waals surface area contributed by atoms with Crippen molar-refractivity contribution in [2.75, 3.05) is 51.3 Å². The maximum absolute atomic E-state index is 5.56. The molecule has 2 aliphatic rings. The molecule has 2 N–H and O–H groups in total. The van der Waals surface area contributed by atoms with E-state index in [0.29, 0.717) is 12.0 Å². The average Bonchev–Trinajstić information content (AvgIpc) is 3.33. The van der Waals surface area contributed by atoms with Gasteiger partial charge in [-0.1, -0.05) is 42.5 Å². The Kier molecular flexibility index (Phi) is 10.8. The Balaban J connectivity index is 0.00000324. The van der Waals surface area contributed by atoms with E-state index in [1.807, 2.05) is 12.1 Å². The van der Waals surface area contributed by atoms with Gasteiger partial charge in [-0.05, 0) is 49.8 Å². The number of halogens is 1. The van der Waals surface area contributed by atoms with E-state index >= 15 is 0 Å². The lowest BCUT2D eigenvalue weighted by Crippen LogP contribution is -2.48. The van der Waals surface area contributed by atoms with Crippen LogP contribution in [0.1, 0.15) is 31.7 Å². The zero-order valence-corrected chi connectivity index (χ0v) is 22.9. The number of hydrogen-bond donors (Lipinski definition) is 2. The number of rotatable bonds is 8. The normalized spacial score (nSPS) is 19.5. The summed E-state index contributed by atoms with van der Waals surface area (Å²) < 4.78 is 5.56. The van der Waals surface area contributed by atoms with E-state index in [1.165, 1.54) is 17.7 Å². The largest absolute Gasteiger partial charge is 0.495 e. The lowest BCUT2D eigenvalue weighted by Gasteiger charge is -2.33. The number of likely N-dealkylation sites (tertiary alicyclic amines) is 1. The van der Waals surface area contributed by atoms with Crippen LogP contribution in [0.2, 0.25) is 0 Å². The molecule has 2 heterocycles. The Hall–Kier alpha value is -2.00. The third-order valence-electron chi connectivity index (χ3n) is 6.74. The second-order valence-electron chi connectivity index (χ2n) is 9.17. The van der Waals surface area contributed by atoms with Crippen LogP contribution < -0.4 is 20.3 Å². The lowest BCUT2D eigenvalue weighted by atomic mass is 10.0. The third kappa shape index (κ3) is 7.50. The van der Waals surface area contributed by atoms with Crippen LogP contribution in [-0.2, 0) is 6.54 Å². The molecule has 2 aliphatic heterocycles. The number of nitrogens with one attached hydrogen (secondary N) is 2. The van der Waals surface area contributed by atoms with Gasteiger partial charge in [-0.2, -0.15) is 0 Å². The SMILES string of the molecule is CCNC(=NCC1CCN(c2ccccc2OC)C1)NC1CCN(Cc2ccccc2)CC1.I. The summed E-state index contributed by atoms with van der Waals surface area (Å²) in [6.45, 7) is 9.27. The summed E-state index contributed by atoms with van der Waals surface area (Å²) in [6.07, 6.45) is 3.48. The number of aliphatic imine (C=N–C) groups is 1. The van der Waals surface area contributed by atoms with Gasteiger partial charge in [0.15, 0.2) is 5.96 Å². The van der Waals surface area contributed by atoms with E-state index in [9.17, 15) is 0 Å². The highest BCUT2D eigenvalue weighted by molar-refractivity contribution is 14.0. The van der Waals surface area contributed by atoms with Crippen LogP contribution in [-0.4, -0.2) is 63.3 Å². The smallest absolute Gasteiger partial charge is 0.191 e. The van der Waals surface area contributed by atoms with E-state index in [1.54, 1.807) is 7.11 Å². The summed E-state index contributed by atoms with van der Waals surface area (Å²) in [5.74, 6) is 2.49. The van der Waals surface area contributed by atoms with Crippen molar-refractivity contribution in [2.24, 2.45) is 10.9 Å². The lowest BCUT2D eigenvalue weighted by molar-refractivity contribution is 0.198. The summed E-state index contributed by atoms with van der Waals surface area (Å²) in [7, 11) is 1.75. The molecule has 2 aromatic carbocycles. The van der Waals surface area contributed by atoms with Crippen molar-refractivity contribution in [1.29, 1.82) is 0 Å². The first-order chi connectivity index (χ1) is 16.2. The maximum Gasteiger partial charge on any atom is 0.191 e. The number of nitrogens with zero attached hydrogens (tertiary/aromatic N) is 3. The van der Waals surface area contributed by atoms with Gasteiger partial charge in [-0.15, -0.1) is 24.0 Å². The van der Waals surface area contributed by atoms with E-state index in [4.69, 9.17) is 9.73 Å². The quantitative estimate of drug-likeness (QED) is 0.278. The van der Waals surface area contributed by atoms with Gasteiger partial charge in [0.2, 0.25) is 0 Å². The zero-order chi connectivity index (χ0) is 22.9. The maximum atomic E-state index is 5.56. The molecule has 0 bridgehead atoms. The molecule has 4 rings (SSSR count). The molecule has 186 valence electrons. The Morgan fingerprint density at radius 2 is 1.74 bits per heavy atom. The fraction of sp³-hybridized carbons (Fsp3) is 0.519. The van der Waals surface area contributed by atoms with Crippen molar-refractivity contribution in [2.45, 2.75) is 38.8 Å². The predicted molar refractivity (Wildman–Crippen MR) is 153 cm³/mol. The molecule has 0 saturated carbocycles. The average molecular weight is 578 g/mol. The number of anilines is 1. The minimum atomic E-state index is 0. The molecule has 7 heteroatoms. The topological polar surface area (TPSA) is 52.1 Å². The number of para-hydroxylation sites is 2. The van der Waals surface area contributed by atoms with Gasteiger partial charge >= 0.3 is 0 Å². The first-order valence-corrected chi connectivity index (χ1v) is 12.4. The van der Waals surface area contributed by atoms with Crippen LogP contribution >= 0.6 is 24.0 Å². The zero-order valence-electron chi connectivity index (χ0n) is 20.6. The first-order valence-electron chi connectivity index (χ1n) is 12.4. The van der Waals surface area contributed by atoms with Crippen molar-refractivity contribution in [3.05, 3.63) is 60.2 Å². The minimum Gasteiger partial charge on any atom is -0.495 e. The van der Waals surface area contributed by atoms with Crippen molar-refractivity contribution >= 4 is 35.6 Å². The fourth-order valence-electron chi connectivity index (χ4n) is 4.90. The molecule has 0 aromatic heterocycles. The monoisotopic (exact) mass is 577 g/mol. The predicted octanol–water partition coefficient (Wildman–Crippen LogP) is 4.36. The molecule has 2 fully saturated rings.